The summed E-state index contributed by atoms with van der Waals surface area (Å²) in [5.41, 5.74) is -1.84. The molecule has 2 aliphatic rings. The van der Waals surface area contributed by atoms with Crippen molar-refractivity contribution >= 4 is 23.6 Å². The van der Waals surface area contributed by atoms with Crippen molar-refractivity contribution in [1.29, 1.82) is 0 Å². The standard InChI is InChI=1S/C31H31F6NO5/c1-3-17-11-22-27(23(15-39)26(17)25(41)9-8-16(2)10-18-6-4-5-7-24(18)40)29(43)38(28(22)42)21-13-19(30(32,33)34)12-20(14-21)31(35,36)37/h4-7,10,12-14,22-23,25,27,39-41H,3,8-9,11,15H2,1-2H3/b16-10+/t22-,23+,25-,27-/m1/s1. The molecular formula is C31H31F6NO5. The topological polar surface area (TPSA) is 98.1 Å². The van der Waals surface area contributed by atoms with Gasteiger partial charge in [0.25, 0.3) is 0 Å². The average molecular weight is 612 g/mol. The van der Waals surface area contributed by atoms with E-state index in [4.69, 9.17) is 0 Å². The number of halogens is 6. The minimum absolute atomic E-state index is 0.0388. The van der Waals surface area contributed by atoms with Crippen LogP contribution in [0.15, 0.2) is 59.2 Å². The number of benzene rings is 2. The molecule has 2 aromatic rings. The van der Waals surface area contributed by atoms with E-state index in [1.807, 2.05) is 0 Å². The summed E-state index contributed by atoms with van der Waals surface area (Å²) in [5.74, 6) is -5.38. The van der Waals surface area contributed by atoms with Gasteiger partial charge in [-0.1, -0.05) is 42.3 Å². The number of carbonyl (C=O) groups excluding carboxylic acids is 2. The molecular weight excluding hydrogens is 580 g/mol. The predicted molar refractivity (Wildman–Crippen MR) is 145 cm³/mol. The fourth-order valence-electron chi connectivity index (χ4n) is 6.09. The monoisotopic (exact) mass is 611 g/mol. The number of fused-ring (bicyclic) bond motifs is 1. The number of nitrogens with zero attached hydrogens (tertiary/aromatic N) is 1. The zero-order valence-electron chi connectivity index (χ0n) is 23.3. The highest BCUT2D eigenvalue weighted by Crippen LogP contribution is 2.49. The number of hydrogen-bond acceptors (Lipinski definition) is 5. The summed E-state index contributed by atoms with van der Waals surface area (Å²) >= 11 is 0. The van der Waals surface area contributed by atoms with Gasteiger partial charge >= 0.3 is 12.4 Å². The van der Waals surface area contributed by atoms with Crippen molar-refractivity contribution in [2.24, 2.45) is 17.8 Å². The Bertz CT molecular complexity index is 1430. The second-order valence-corrected chi connectivity index (χ2v) is 10.9. The second-order valence-electron chi connectivity index (χ2n) is 10.9. The number of anilines is 1. The first-order valence-corrected chi connectivity index (χ1v) is 13.7. The summed E-state index contributed by atoms with van der Waals surface area (Å²) in [5, 5.41) is 31.6. The Labute approximate surface area is 243 Å². The van der Waals surface area contributed by atoms with Gasteiger partial charge in [-0.15, -0.1) is 0 Å². The van der Waals surface area contributed by atoms with Gasteiger partial charge in [-0.2, -0.15) is 26.3 Å². The number of phenols is 1. The molecule has 1 aliphatic heterocycles. The van der Waals surface area contributed by atoms with Crippen LogP contribution in [0.5, 0.6) is 5.75 Å². The van der Waals surface area contributed by atoms with Gasteiger partial charge in [0.15, 0.2) is 0 Å². The van der Waals surface area contributed by atoms with Crippen LogP contribution in [-0.4, -0.2) is 39.8 Å². The van der Waals surface area contributed by atoms with Crippen molar-refractivity contribution < 1.29 is 51.3 Å². The third-order valence-corrected chi connectivity index (χ3v) is 8.15. The number of amides is 2. The maximum absolute atomic E-state index is 13.6. The molecule has 4 atom stereocenters. The maximum atomic E-state index is 13.6. The number of alkyl halides is 6. The molecule has 0 aromatic heterocycles. The van der Waals surface area contributed by atoms with Gasteiger partial charge in [-0.25, -0.2) is 4.90 Å². The highest BCUT2D eigenvalue weighted by Gasteiger charge is 2.55. The first kappa shape index (κ1) is 32.3. The molecule has 0 bridgehead atoms. The van der Waals surface area contributed by atoms with Gasteiger partial charge in [-0.05, 0) is 62.4 Å². The van der Waals surface area contributed by atoms with Crippen molar-refractivity contribution in [1.82, 2.24) is 0 Å². The molecule has 2 amide bonds. The molecule has 0 unspecified atom stereocenters. The number of aliphatic hydroxyl groups excluding tert-OH is 2. The summed E-state index contributed by atoms with van der Waals surface area (Å²) in [4.78, 5) is 27.4. The van der Waals surface area contributed by atoms with E-state index >= 15 is 0 Å². The average Bonchev–Trinajstić information content (AvgIpc) is 3.19. The minimum Gasteiger partial charge on any atom is -0.507 e. The number of carbonyl (C=O) groups is 2. The lowest BCUT2D eigenvalue weighted by atomic mass is 9.67. The van der Waals surface area contributed by atoms with Crippen molar-refractivity contribution in [3.63, 3.8) is 0 Å². The van der Waals surface area contributed by atoms with Gasteiger partial charge in [0.1, 0.15) is 5.75 Å². The zero-order chi connectivity index (χ0) is 31.9. The summed E-state index contributed by atoms with van der Waals surface area (Å²) in [6.45, 7) is 2.88. The van der Waals surface area contributed by atoms with E-state index in [1.165, 1.54) is 6.07 Å². The zero-order valence-corrected chi connectivity index (χ0v) is 23.3. The Morgan fingerprint density at radius 2 is 1.63 bits per heavy atom. The Kier molecular flexibility index (Phi) is 9.13. The first-order valence-electron chi connectivity index (χ1n) is 13.7. The van der Waals surface area contributed by atoms with Crippen molar-refractivity contribution in [3.8, 4) is 5.75 Å². The Balaban J connectivity index is 1.65. The van der Waals surface area contributed by atoms with Crippen molar-refractivity contribution in [2.45, 2.75) is 58.0 Å². The normalized spacial score (nSPS) is 22.3. The Morgan fingerprint density at radius 1 is 1.02 bits per heavy atom. The lowest BCUT2D eigenvalue weighted by molar-refractivity contribution is -0.143. The van der Waals surface area contributed by atoms with Crippen LogP contribution in [-0.2, 0) is 21.9 Å². The molecule has 0 radical (unpaired) electrons. The van der Waals surface area contributed by atoms with E-state index in [1.54, 1.807) is 38.1 Å². The fourth-order valence-corrected chi connectivity index (χ4v) is 6.09. The molecule has 0 saturated carbocycles. The van der Waals surface area contributed by atoms with E-state index in [0.717, 1.165) is 5.57 Å². The molecule has 6 nitrogen and oxygen atoms in total. The Hall–Kier alpha value is -3.64. The van der Waals surface area contributed by atoms with Gasteiger partial charge in [-0.3, -0.25) is 9.59 Å². The second kappa shape index (κ2) is 12.2. The molecule has 2 aromatic carbocycles. The van der Waals surface area contributed by atoms with E-state index in [9.17, 15) is 51.3 Å². The quantitative estimate of drug-likeness (QED) is 0.180. The highest BCUT2D eigenvalue weighted by molar-refractivity contribution is 6.22. The van der Waals surface area contributed by atoms with Gasteiger partial charge < -0.3 is 15.3 Å². The minimum atomic E-state index is -5.18. The number of aromatic hydroxyl groups is 1. The van der Waals surface area contributed by atoms with Crippen LogP contribution in [0.2, 0.25) is 0 Å². The molecule has 1 heterocycles. The summed E-state index contributed by atoms with van der Waals surface area (Å²) < 4.78 is 81.0. The molecule has 1 aliphatic carbocycles. The lowest BCUT2D eigenvalue weighted by Gasteiger charge is -2.36. The smallest absolute Gasteiger partial charge is 0.416 e. The van der Waals surface area contributed by atoms with E-state index < -0.39 is 71.4 Å². The van der Waals surface area contributed by atoms with Crippen LogP contribution in [0, 0.1) is 17.8 Å². The summed E-state index contributed by atoms with van der Waals surface area (Å²) in [6, 6.07) is 7.26. The van der Waals surface area contributed by atoms with Crippen LogP contribution in [0.3, 0.4) is 0 Å². The molecule has 3 N–H and O–H groups in total. The molecule has 4 rings (SSSR count). The van der Waals surface area contributed by atoms with E-state index in [2.05, 4.69) is 0 Å². The SMILES string of the molecule is CCC1=C([C@H](O)CC/C(C)=C/c2ccccc2O)[C@H](CO)[C@@H]2C(=O)N(c3cc(C(F)(F)F)cc(C(F)(F)F)c3)C(=O)[C@@H]2C1. The third-order valence-electron chi connectivity index (χ3n) is 8.15. The molecule has 12 heteroatoms. The van der Waals surface area contributed by atoms with Crippen LogP contribution in [0.4, 0.5) is 32.0 Å². The molecule has 1 fully saturated rings. The number of aliphatic hydroxyl groups is 2. The van der Waals surface area contributed by atoms with E-state index in [-0.39, 0.29) is 24.7 Å². The predicted octanol–water partition coefficient (Wildman–Crippen LogP) is 6.50. The van der Waals surface area contributed by atoms with Crippen LogP contribution in [0.1, 0.15) is 56.2 Å². The molecule has 232 valence electrons. The number of allylic oxidation sites excluding steroid dienone is 2. The van der Waals surface area contributed by atoms with Gasteiger partial charge in [0.05, 0.1) is 41.4 Å². The number of para-hydroxylation sites is 1. The molecule has 1 saturated heterocycles. The van der Waals surface area contributed by atoms with Crippen LogP contribution in [0.25, 0.3) is 6.08 Å². The van der Waals surface area contributed by atoms with Crippen molar-refractivity contribution in [3.05, 3.63) is 75.9 Å². The molecule has 0 spiro atoms. The number of rotatable bonds is 8. The lowest BCUT2D eigenvalue weighted by Crippen LogP contribution is -2.39. The highest BCUT2D eigenvalue weighted by atomic mass is 19.4. The third kappa shape index (κ3) is 6.50. The molecule has 43 heavy (non-hydrogen) atoms. The van der Waals surface area contributed by atoms with E-state index in [0.29, 0.717) is 46.6 Å². The number of hydrogen-bond donors (Lipinski definition) is 3. The fraction of sp³-hybridized carbons (Fsp3) is 0.419. The van der Waals surface area contributed by atoms with Crippen molar-refractivity contribution in [2.75, 3.05) is 11.5 Å². The Morgan fingerprint density at radius 3 is 2.16 bits per heavy atom. The maximum Gasteiger partial charge on any atom is 0.416 e. The largest absolute Gasteiger partial charge is 0.507 e. The van der Waals surface area contributed by atoms with Crippen LogP contribution < -0.4 is 4.90 Å². The van der Waals surface area contributed by atoms with Crippen LogP contribution >= 0.6 is 0 Å². The number of phenolic OH excluding ortho intramolecular Hbond substituents is 1. The summed E-state index contributed by atoms with van der Waals surface area (Å²) in [7, 11) is 0. The number of imide groups is 1. The first-order chi connectivity index (χ1) is 20.1. The van der Waals surface area contributed by atoms with Gasteiger partial charge in [0, 0.05) is 11.5 Å². The van der Waals surface area contributed by atoms with Gasteiger partial charge in [0.2, 0.25) is 11.8 Å². The summed E-state index contributed by atoms with van der Waals surface area (Å²) in [6.07, 6.45) is -8.93.